The van der Waals surface area contributed by atoms with E-state index in [1.54, 1.807) is 0 Å². The van der Waals surface area contributed by atoms with Gasteiger partial charge in [0, 0.05) is 24.5 Å². The minimum Gasteiger partial charge on any atom is -0.356 e. The van der Waals surface area contributed by atoms with Crippen LogP contribution in [0.3, 0.4) is 0 Å². The van der Waals surface area contributed by atoms with E-state index in [1.807, 2.05) is 24.3 Å². The molecular formula is C15H19N3O. The van der Waals surface area contributed by atoms with Gasteiger partial charge in [-0.3, -0.25) is 4.79 Å². The van der Waals surface area contributed by atoms with E-state index in [0.29, 0.717) is 6.04 Å². The zero-order valence-electron chi connectivity index (χ0n) is 11.4. The fraction of sp³-hybridized carbons (Fsp3) is 0.400. The molecule has 100 valence electrons. The van der Waals surface area contributed by atoms with Crippen LogP contribution in [0.1, 0.15) is 6.42 Å². The number of nitrogens with zero attached hydrogens (tertiary/aromatic N) is 2. The van der Waals surface area contributed by atoms with Crippen molar-refractivity contribution >= 4 is 16.6 Å². The zero-order chi connectivity index (χ0) is 13.4. The second-order valence-corrected chi connectivity index (χ2v) is 5.42. The van der Waals surface area contributed by atoms with E-state index in [2.05, 4.69) is 34.9 Å². The molecule has 1 aliphatic rings. The number of hydrogen-bond donors (Lipinski definition) is 1. The number of pyridine rings is 1. The van der Waals surface area contributed by atoms with Gasteiger partial charge < -0.3 is 14.8 Å². The molecular weight excluding hydrogens is 238 g/mol. The first kappa shape index (κ1) is 12.2. The third-order valence-electron chi connectivity index (χ3n) is 3.97. The smallest absolute Gasteiger partial charge is 0.257 e. The Morgan fingerprint density at radius 2 is 2.11 bits per heavy atom. The van der Waals surface area contributed by atoms with Crippen LogP contribution in [-0.4, -0.2) is 43.1 Å². The molecule has 1 N–H and O–H groups in total. The lowest BCUT2D eigenvalue weighted by molar-refractivity contribution is 0.315. The lowest BCUT2D eigenvalue weighted by Gasteiger charge is -2.21. The lowest BCUT2D eigenvalue weighted by Crippen LogP contribution is -2.32. The van der Waals surface area contributed by atoms with Crippen LogP contribution in [0, 0.1) is 0 Å². The Balaban J connectivity index is 1.96. The first-order valence-electron chi connectivity index (χ1n) is 6.68. The third kappa shape index (κ3) is 2.24. The van der Waals surface area contributed by atoms with Crippen molar-refractivity contribution < 1.29 is 0 Å². The van der Waals surface area contributed by atoms with Gasteiger partial charge in [-0.2, -0.15) is 0 Å². The van der Waals surface area contributed by atoms with Gasteiger partial charge in [-0.25, -0.2) is 0 Å². The first-order valence-corrected chi connectivity index (χ1v) is 6.68. The van der Waals surface area contributed by atoms with Gasteiger partial charge in [0.05, 0.1) is 0 Å². The number of H-pyrrole nitrogens is 1. The largest absolute Gasteiger partial charge is 0.356 e. The molecule has 1 unspecified atom stereocenters. The van der Waals surface area contributed by atoms with Gasteiger partial charge in [-0.15, -0.1) is 0 Å². The number of hydrogen-bond acceptors (Lipinski definition) is 3. The average Bonchev–Trinajstić information content (AvgIpc) is 2.88. The normalized spacial score (nSPS) is 19.5. The van der Waals surface area contributed by atoms with Gasteiger partial charge >= 0.3 is 0 Å². The SMILES string of the molecule is CN(C)C1CCN(c2cc3ccccc3c(=O)[nH]2)C1. The molecule has 0 radical (unpaired) electrons. The molecule has 1 saturated heterocycles. The number of fused-ring (bicyclic) bond motifs is 1. The first-order chi connectivity index (χ1) is 9.15. The summed E-state index contributed by atoms with van der Waals surface area (Å²) in [6.07, 6.45) is 1.14. The topological polar surface area (TPSA) is 39.3 Å². The molecule has 0 saturated carbocycles. The summed E-state index contributed by atoms with van der Waals surface area (Å²) < 4.78 is 0. The summed E-state index contributed by atoms with van der Waals surface area (Å²) in [5, 5.41) is 1.77. The standard InChI is InChI=1S/C15H19N3O/c1-17(2)12-7-8-18(10-12)14-9-11-5-3-4-6-13(11)15(19)16-14/h3-6,9,12H,7-8,10H2,1-2H3,(H,16,19). The minimum absolute atomic E-state index is 0.00130. The van der Waals surface area contributed by atoms with Crippen LogP contribution in [0.2, 0.25) is 0 Å². The van der Waals surface area contributed by atoms with E-state index in [4.69, 9.17) is 0 Å². The summed E-state index contributed by atoms with van der Waals surface area (Å²) in [7, 11) is 4.22. The quantitative estimate of drug-likeness (QED) is 0.889. The summed E-state index contributed by atoms with van der Waals surface area (Å²) in [5.74, 6) is 0.938. The van der Waals surface area contributed by atoms with Crippen molar-refractivity contribution in [3.8, 4) is 0 Å². The highest BCUT2D eigenvalue weighted by molar-refractivity contribution is 5.83. The number of likely N-dealkylation sites (N-methyl/N-ethyl adjacent to an activating group) is 1. The molecule has 1 aromatic carbocycles. The van der Waals surface area contributed by atoms with Crippen LogP contribution in [0.5, 0.6) is 0 Å². The van der Waals surface area contributed by atoms with Gasteiger partial charge in [0.2, 0.25) is 0 Å². The summed E-state index contributed by atoms with van der Waals surface area (Å²) in [5.41, 5.74) is 0.00130. The molecule has 3 rings (SSSR count). The highest BCUT2D eigenvalue weighted by atomic mass is 16.1. The van der Waals surface area contributed by atoms with Crippen molar-refractivity contribution in [1.82, 2.24) is 9.88 Å². The maximum atomic E-state index is 12.1. The van der Waals surface area contributed by atoms with Crippen LogP contribution in [-0.2, 0) is 0 Å². The summed E-state index contributed by atoms with van der Waals surface area (Å²) >= 11 is 0. The summed E-state index contributed by atoms with van der Waals surface area (Å²) in [6, 6.07) is 10.4. The van der Waals surface area contributed by atoms with E-state index < -0.39 is 0 Å². The molecule has 19 heavy (non-hydrogen) atoms. The van der Waals surface area contributed by atoms with Gasteiger partial charge in [0.15, 0.2) is 0 Å². The van der Waals surface area contributed by atoms with Crippen molar-refractivity contribution in [2.75, 3.05) is 32.1 Å². The predicted molar refractivity (Wildman–Crippen MR) is 78.9 cm³/mol. The van der Waals surface area contributed by atoms with Crippen LogP contribution in [0.25, 0.3) is 10.8 Å². The van der Waals surface area contributed by atoms with Crippen LogP contribution >= 0.6 is 0 Å². The predicted octanol–water partition coefficient (Wildman–Crippen LogP) is 1.67. The molecule has 0 aliphatic carbocycles. The second kappa shape index (κ2) is 4.70. The Morgan fingerprint density at radius 3 is 2.84 bits per heavy atom. The van der Waals surface area contributed by atoms with Crippen molar-refractivity contribution in [3.05, 3.63) is 40.7 Å². The number of rotatable bonds is 2. The molecule has 1 aromatic heterocycles. The Bertz CT molecular complexity index is 647. The number of nitrogens with one attached hydrogen (secondary N) is 1. The molecule has 2 heterocycles. The molecule has 2 aromatic rings. The third-order valence-corrected chi connectivity index (χ3v) is 3.97. The molecule has 0 amide bonds. The Morgan fingerprint density at radius 1 is 1.32 bits per heavy atom. The van der Waals surface area contributed by atoms with E-state index in [9.17, 15) is 4.79 Å². The van der Waals surface area contributed by atoms with Gasteiger partial charge in [-0.05, 0) is 38.0 Å². The van der Waals surface area contributed by atoms with Gasteiger partial charge in [-0.1, -0.05) is 18.2 Å². The van der Waals surface area contributed by atoms with Crippen molar-refractivity contribution in [1.29, 1.82) is 0 Å². The second-order valence-electron chi connectivity index (χ2n) is 5.42. The van der Waals surface area contributed by atoms with Crippen LogP contribution in [0.15, 0.2) is 35.1 Å². The molecule has 0 bridgehead atoms. The molecule has 1 fully saturated rings. The summed E-state index contributed by atoms with van der Waals surface area (Å²) in [4.78, 5) is 19.6. The van der Waals surface area contributed by atoms with E-state index >= 15 is 0 Å². The maximum absolute atomic E-state index is 12.1. The Hall–Kier alpha value is -1.81. The van der Waals surface area contributed by atoms with E-state index in [-0.39, 0.29) is 5.56 Å². The Kier molecular flexibility index (Phi) is 3.03. The van der Waals surface area contributed by atoms with E-state index in [1.165, 1.54) is 0 Å². The monoisotopic (exact) mass is 257 g/mol. The van der Waals surface area contributed by atoms with Gasteiger partial charge in [0.1, 0.15) is 5.82 Å². The van der Waals surface area contributed by atoms with Crippen LogP contribution < -0.4 is 10.5 Å². The van der Waals surface area contributed by atoms with Crippen molar-refractivity contribution in [2.45, 2.75) is 12.5 Å². The van der Waals surface area contributed by atoms with Crippen molar-refractivity contribution in [3.63, 3.8) is 0 Å². The van der Waals surface area contributed by atoms with Crippen molar-refractivity contribution in [2.24, 2.45) is 0 Å². The number of aromatic amines is 1. The molecule has 4 heteroatoms. The fourth-order valence-corrected chi connectivity index (χ4v) is 2.75. The van der Waals surface area contributed by atoms with E-state index in [0.717, 1.165) is 36.1 Å². The van der Waals surface area contributed by atoms with Gasteiger partial charge in [0.25, 0.3) is 5.56 Å². The Labute approximate surface area is 112 Å². The minimum atomic E-state index is 0.00130. The number of aromatic nitrogens is 1. The summed E-state index contributed by atoms with van der Waals surface area (Å²) in [6.45, 7) is 1.97. The average molecular weight is 257 g/mol. The molecule has 1 aliphatic heterocycles. The zero-order valence-corrected chi connectivity index (χ0v) is 11.4. The molecule has 4 nitrogen and oxygen atoms in total. The maximum Gasteiger partial charge on any atom is 0.257 e. The lowest BCUT2D eigenvalue weighted by atomic mass is 10.2. The molecule has 1 atom stereocenters. The molecule has 0 spiro atoms. The number of anilines is 1. The highest BCUT2D eigenvalue weighted by Gasteiger charge is 2.24. The van der Waals surface area contributed by atoms with Crippen LogP contribution in [0.4, 0.5) is 5.82 Å². The highest BCUT2D eigenvalue weighted by Crippen LogP contribution is 2.22. The fourth-order valence-electron chi connectivity index (χ4n) is 2.75. The number of benzene rings is 1.